The normalized spacial score (nSPS) is 10.7. The molecule has 0 radical (unpaired) electrons. The molecule has 20 heavy (non-hydrogen) atoms. The number of rotatable bonds is 6. The zero-order valence-electron chi connectivity index (χ0n) is 11.0. The van der Waals surface area contributed by atoms with Crippen LogP contribution in [0.4, 0.5) is 10.1 Å². The lowest BCUT2D eigenvalue weighted by Gasteiger charge is -2.04. The second-order valence-electron chi connectivity index (χ2n) is 4.33. The predicted octanol–water partition coefficient (Wildman–Crippen LogP) is 2.09. The molecule has 7 heteroatoms. The smallest absolute Gasteiger partial charge is 0.305 e. The number of nitro benzene ring substituents is 1. The summed E-state index contributed by atoms with van der Waals surface area (Å²) >= 11 is 0. The first-order chi connectivity index (χ1) is 9.61. The van der Waals surface area contributed by atoms with Gasteiger partial charge in [0, 0.05) is 29.9 Å². The summed E-state index contributed by atoms with van der Waals surface area (Å²) in [5.74, 6) is -0.804. The SMILES string of the molecule is CCNCc1cnn(Cc2cccc([N+](=O)[O-])c2F)c1. The summed E-state index contributed by atoms with van der Waals surface area (Å²) in [5, 5.41) is 18.0. The Morgan fingerprint density at radius 3 is 3.00 bits per heavy atom. The summed E-state index contributed by atoms with van der Waals surface area (Å²) in [6.07, 6.45) is 3.48. The fourth-order valence-corrected chi connectivity index (χ4v) is 1.86. The summed E-state index contributed by atoms with van der Waals surface area (Å²) < 4.78 is 15.5. The molecular weight excluding hydrogens is 263 g/mol. The molecule has 0 saturated heterocycles. The molecule has 1 N–H and O–H groups in total. The highest BCUT2D eigenvalue weighted by molar-refractivity contribution is 5.36. The average Bonchev–Trinajstić information content (AvgIpc) is 2.86. The van der Waals surface area contributed by atoms with Crippen molar-refractivity contribution in [3.63, 3.8) is 0 Å². The van der Waals surface area contributed by atoms with Crippen LogP contribution in [-0.4, -0.2) is 21.2 Å². The van der Waals surface area contributed by atoms with Crippen molar-refractivity contribution in [2.45, 2.75) is 20.0 Å². The van der Waals surface area contributed by atoms with Gasteiger partial charge in [-0.25, -0.2) is 0 Å². The summed E-state index contributed by atoms with van der Waals surface area (Å²) in [5.41, 5.74) is 0.720. The Hall–Kier alpha value is -2.28. The van der Waals surface area contributed by atoms with Crippen LogP contribution < -0.4 is 5.32 Å². The first-order valence-corrected chi connectivity index (χ1v) is 6.25. The van der Waals surface area contributed by atoms with Gasteiger partial charge in [0.25, 0.3) is 0 Å². The molecule has 6 nitrogen and oxygen atoms in total. The zero-order valence-corrected chi connectivity index (χ0v) is 11.0. The van der Waals surface area contributed by atoms with E-state index in [-0.39, 0.29) is 12.1 Å². The molecule has 0 aliphatic carbocycles. The minimum absolute atomic E-state index is 0.166. The summed E-state index contributed by atoms with van der Waals surface area (Å²) in [6.45, 7) is 3.71. The van der Waals surface area contributed by atoms with Gasteiger partial charge in [0.15, 0.2) is 0 Å². The van der Waals surface area contributed by atoms with Crippen LogP contribution in [0.5, 0.6) is 0 Å². The van der Waals surface area contributed by atoms with Crippen molar-refractivity contribution < 1.29 is 9.31 Å². The summed E-state index contributed by atoms with van der Waals surface area (Å²) in [6, 6.07) is 4.14. The molecule has 0 amide bonds. The Balaban J connectivity index is 2.16. The van der Waals surface area contributed by atoms with Crippen molar-refractivity contribution >= 4 is 5.69 Å². The predicted molar refractivity (Wildman–Crippen MR) is 71.8 cm³/mol. The van der Waals surface area contributed by atoms with Crippen molar-refractivity contribution in [2.24, 2.45) is 0 Å². The van der Waals surface area contributed by atoms with Crippen LogP contribution >= 0.6 is 0 Å². The highest BCUT2D eigenvalue weighted by Crippen LogP contribution is 2.20. The van der Waals surface area contributed by atoms with Crippen LogP contribution in [0.1, 0.15) is 18.1 Å². The number of halogens is 1. The minimum Gasteiger partial charge on any atom is -0.313 e. The van der Waals surface area contributed by atoms with E-state index in [0.717, 1.165) is 18.2 Å². The third-order valence-corrected chi connectivity index (χ3v) is 2.85. The van der Waals surface area contributed by atoms with Crippen molar-refractivity contribution in [3.8, 4) is 0 Å². The van der Waals surface area contributed by atoms with Crippen molar-refractivity contribution in [2.75, 3.05) is 6.54 Å². The van der Waals surface area contributed by atoms with E-state index in [9.17, 15) is 14.5 Å². The van der Waals surface area contributed by atoms with E-state index < -0.39 is 16.4 Å². The highest BCUT2D eigenvalue weighted by atomic mass is 19.1. The lowest BCUT2D eigenvalue weighted by Crippen LogP contribution is -2.11. The van der Waals surface area contributed by atoms with Gasteiger partial charge in [-0.2, -0.15) is 9.49 Å². The van der Waals surface area contributed by atoms with Gasteiger partial charge >= 0.3 is 5.69 Å². The Bertz CT molecular complexity index is 612. The van der Waals surface area contributed by atoms with Crippen molar-refractivity contribution in [1.82, 2.24) is 15.1 Å². The maximum Gasteiger partial charge on any atom is 0.305 e. The van der Waals surface area contributed by atoms with E-state index in [0.29, 0.717) is 6.54 Å². The number of nitrogens with zero attached hydrogens (tertiary/aromatic N) is 3. The second-order valence-corrected chi connectivity index (χ2v) is 4.33. The van der Waals surface area contributed by atoms with Crippen LogP contribution in [-0.2, 0) is 13.1 Å². The third kappa shape index (κ3) is 3.18. The Morgan fingerprint density at radius 2 is 2.30 bits per heavy atom. The van der Waals surface area contributed by atoms with Crippen LogP contribution in [0, 0.1) is 15.9 Å². The fourth-order valence-electron chi connectivity index (χ4n) is 1.86. The highest BCUT2D eigenvalue weighted by Gasteiger charge is 2.17. The molecule has 0 saturated carbocycles. The average molecular weight is 278 g/mol. The van der Waals surface area contributed by atoms with E-state index in [1.54, 1.807) is 17.1 Å². The Labute approximate surface area is 115 Å². The Morgan fingerprint density at radius 1 is 1.50 bits per heavy atom. The second kappa shape index (κ2) is 6.25. The lowest BCUT2D eigenvalue weighted by molar-refractivity contribution is -0.387. The topological polar surface area (TPSA) is 73.0 Å². The van der Waals surface area contributed by atoms with Gasteiger partial charge in [-0.3, -0.25) is 14.8 Å². The van der Waals surface area contributed by atoms with E-state index in [1.165, 1.54) is 12.1 Å². The van der Waals surface area contributed by atoms with Crippen LogP contribution in [0.15, 0.2) is 30.6 Å². The summed E-state index contributed by atoms with van der Waals surface area (Å²) in [4.78, 5) is 9.96. The van der Waals surface area contributed by atoms with Gasteiger partial charge in [-0.15, -0.1) is 0 Å². The third-order valence-electron chi connectivity index (χ3n) is 2.85. The number of benzene rings is 1. The first kappa shape index (κ1) is 14.1. The van der Waals surface area contributed by atoms with E-state index in [1.807, 2.05) is 6.92 Å². The molecule has 1 aromatic carbocycles. The quantitative estimate of drug-likeness (QED) is 0.648. The largest absolute Gasteiger partial charge is 0.313 e. The van der Waals surface area contributed by atoms with Crippen LogP contribution in [0.3, 0.4) is 0 Å². The molecule has 0 unspecified atom stereocenters. The van der Waals surface area contributed by atoms with Gasteiger partial charge < -0.3 is 5.32 Å². The van der Waals surface area contributed by atoms with E-state index in [4.69, 9.17) is 0 Å². The maximum atomic E-state index is 13.9. The molecule has 0 bridgehead atoms. The standard InChI is InChI=1S/C13H15FN4O2/c1-2-15-6-10-7-16-17(8-10)9-11-4-3-5-12(13(11)14)18(19)20/h3-5,7-8,15H,2,6,9H2,1H3. The monoisotopic (exact) mass is 278 g/mol. The number of hydrogen-bond acceptors (Lipinski definition) is 4. The molecule has 0 aliphatic rings. The first-order valence-electron chi connectivity index (χ1n) is 6.25. The van der Waals surface area contributed by atoms with Gasteiger partial charge in [-0.05, 0) is 6.54 Å². The zero-order chi connectivity index (χ0) is 14.5. The number of aromatic nitrogens is 2. The van der Waals surface area contributed by atoms with Crippen molar-refractivity contribution in [3.05, 3.63) is 57.7 Å². The number of hydrogen-bond donors (Lipinski definition) is 1. The lowest BCUT2D eigenvalue weighted by atomic mass is 10.2. The van der Waals surface area contributed by atoms with Gasteiger partial charge in [0.2, 0.25) is 5.82 Å². The molecule has 2 rings (SSSR count). The van der Waals surface area contributed by atoms with Gasteiger partial charge in [-0.1, -0.05) is 19.1 Å². The number of nitrogens with one attached hydrogen (secondary N) is 1. The molecule has 106 valence electrons. The van der Waals surface area contributed by atoms with E-state index >= 15 is 0 Å². The molecule has 0 aliphatic heterocycles. The van der Waals surface area contributed by atoms with Gasteiger partial charge in [0.05, 0.1) is 17.7 Å². The molecular formula is C13H15FN4O2. The molecule has 1 heterocycles. The molecule has 0 spiro atoms. The fraction of sp³-hybridized carbons (Fsp3) is 0.308. The van der Waals surface area contributed by atoms with E-state index in [2.05, 4.69) is 10.4 Å². The minimum atomic E-state index is -0.804. The van der Waals surface area contributed by atoms with Crippen molar-refractivity contribution in [1.29, 1.82) is 0 Å². The Kier molecular flexibility index (Phi) is 4.41. The van der Waals surface area contributed by atoms with Crippen LogP contribution in [0.25, 0.3) is 0 Å². The molecule has 2 aromatic rings. The molecule has 1 aromatic heterocycles. The van der Waals surface area contributed by atoms with Gasteiger partial charge in [0.1, 0.15) is 0 Å². The molecule has 0 fully saturated rings. The number of nitro groups is 1. The molecule has 0 atom stereocenters. The van der Waals surface area contributed by atoms with Crippen LogP contribution in [0.2, 0.25) is 0 Å². The summed E-state index contributed by atoms with van der Waals surface area (Å²) in [7, 11) is 0. The maximum absolute atomic E-state index is 13.9.